The Morgan fingerprint density at radius 2 is 2.09 bits per heavy atom. The first-order valence-corrected chi connectivity index (χ1v) is 3.30. The first-order chi connectivity index (χ1) is 5.07. The summed E-state index contributed by atoms with van der Waals surface area (Å²) in [6.45, 7) is 0. The monoisotopic (exact) mass is 172 g/mol. The van der Waals surface area contributed by atoms with Crippen LogP contribution >= 0.6 is 11.6 Å². The molecule has 0 spiro atoms. The van der Waals surface area contributed by atoms with E-state index in [0.29, 0.717) is 0 Å². The second kappa shape index (κ2) is 4.91. The number of rotatable bonds is 3. The zero-order valence-electron chi connectivity index (χ0n) is 5.83. The number of hydrogen-bond acceptors (Lipinski definition) is 3. The van der Waals surface area contributed by atoms with E-state index in [1.54, 1.807) is 0 Å². The predicted octanol–water partition coefficient (Wildman–Crippen LogP) is -0.404. The van der Waals surface area contributed by atoms with Crippen LogP contribution in [-0.4, -0.2) is 17.3 Å². The van der Waals surface area contributed by atoms with Crippen molar-refractivity contribution in [2.45, 2.75) is 12.1 Å². The first-order valence-electron chi connectivity index (χ1n) is 2.93. The molecule has 0 aliphatic carbocycles. The summed E-state index contributed by atoms with van der Waals surface area (Å²) in [7, 11) is 0. The smallest absolute Gasteiger partial charge is 0.242 e. The molecule has 4 N–H and O–H groups in total. The summed E-state index contributed by atoms with van der Waals surface area (Å²) < 4.78 is 0. The quantitative estimate of drug-likeness (QED) is 0.346. The van der Waals surface area contributed by atoms with Gasteiger partial charge in [-0.1, -0.05) is 18.1 Å². The molecule has 60 valence electrons. The number of hydrogen-bond donors (Lipinski definition) is 2. The Morgan fingerprint density at radius 1 is 1.55 bits per heavy atom. The third-order valence-corrected chi connectivity index (χ3v) is 1.23. The van der Waals surface area contributed by atoms with Gasteiger partial charge in [-0.2, -0.15) is 0 Å². The van der Waals surface area contributed by atoms with Crippen molar-refractivity contribution in [2.24, 2.45) is 11.5 Å². The Kier molecular flexibility index (Phi) is 4.55. The lowest BCUT2D eigenvalue weighted by atomic mass is 10.2. The standard InChI is InChI=1S/C7H9ClN2O/c1-2-5(9)3-4-6(10)7(8)11/h1,3-6H,9-10H2. The van der Waals surface area contributed by atoms with Crippen LogP contribution in [-0.2, 0) is 4.79 Å². The Hall–Kier alpha value is -0.820. The number of carbonyl (C=O) groups excluding carboxylic acids is 1. The molecular weight excluding hydrogens is 164 g/mol. The molecule has 0 fully saturated rings. The fourth-order valence-corrected chi connectivity index (χ4v) is 0.443. The van der Waals surface area contributed by atoms with E-state index in [1.807, 2.05) is 0 Å². The molecule has 0 aliphatic rings. The van der Waals surface area contributed by atoms with E-state index < -0.39 is 17.3 Å². The molecular formula is C7H9ClN2O. The van der Waals surface area contributed by atoms with Crippen molar-refractivity contribution in [2.75, 3.05) is 0 Å². The fourth-order valence-electron chi connectivity index (χ4n) is 0.371. The third kappa shape index (κ3) is 4.57. The molecule has 11 heavy (non-hydrogen) atoms. The summed E-state index contributed by atoms with van der Waals surface area (Å²) in [5.74, 6) is 2.24. The average molecular weight is 173 g/mol. The van der Waals surface area contributed by atoms with Crippen molar-refractivity contribution >= 4 is 16.8 Å². The maximum Gasteiger partial charge on any atom is 0.242 e. The number of carbonyl (C=O) groups is 1. The fraction of sp³-hybridized carbons (Fsp3) is 0.286. The van der Waals surface area contributed by atoms with E-state index in [9.17, 15) is 4.79 Å². The van der Waals surface area contributed by atoms with E-state index >= 15 is 0 Å². The molecule has 0 radical (unpaired) electrons. The lowest BCUT2D eigenvalue weighted by Gasteiger charge is -1.98. The Bertz CT molecular complexity index is 207. The van der Waals surface area contributed by atoms with E-state index in [1.165, 1.54) is 12.2 Å². The van der Waals surface area contributed by atoms with Gasteiger partial charge in [0, 0.05) is 0 Å². The van der Waals surface area contributed by atoms with Crippen LogP contribution in [0.25, 0.3) is 0 Å². The topological polar surface area (TPSA) is 69.1 Å². The largest absolute Gasteiger partial charge is 0.317 e. The van der Waals surface area contributed by atoms with E-state index in [-0.39, 0.29) is 0 Å². The lowest BCUT2D eigenvalue weighted by molar-refractivity contribution is -0.111. The molecule has 2 atom stereocenters. The zero-order valence-corrected chi connectivity index (χ0v) is 6.58. The van der Waals surface area contributed by atoms with Gasteiger partial charge >= 0.3 is 0 Å². The summed E-state index contributed by atoms with van der Waals surface area (Å²) in [6, 6.07) is -1.34. The van der Waals surface area contributed by atoms with Crippen LogP contribution in [0.15, 0.2) is 12.2 Å². The van der Waals surface area contributed by atoms with Gasteiger partial charge < -0.3 is 11.5 Å². The molecule has 0 rings (SSSR count). The summed E-state index contributed by atoms with van der Waals surface area (Å²) in [5, 5.41) is -0.634. The summed E-state index contributed by atoms with van der Waals surface area (Å²) >= 11 is 5.05. The van der Waals surface area contributed by atoms with E-state index in [0.717, 1.165) is 0 Å². The average Bonchev–Trinajstić information content (AvgIpc) is 1.99. The van der Waals surface area contributed by atoms with Crippen molar-refractivity contribution in [3.05, 3.63) is 12.2 Å². The van der Waals surface area contributed by atoms with Gasteiger partial charge in [0.1, 0.15) is 0 Å². The SMILES string of the molecule is C#CC(N)C=CC(N)C(=O)Cl. The maximum atomic E-state index is 10.3. The highest BCUT2D eigenvalue weighted by Crippen LogP contribution is 1.90. The molecule has 4 heteroatoms. The molecule has 0 aromatic heterocycles. The van der Waals surface area contributed by atoms with Crippen molar-refractivity contribution in [1.29, 1.82) is 0 Å². The van der Waals surface area contributed by atoms with Crippen LogP contribution in [0, 0.1) is 12.3 Å². The molecule has 0 bridgehead atoms. The number of terminal acetylenes is 1. The number of halogens is 1. The molecule has 3 nitrogen and oxygen atoms in total. The lowest BCUT2D eigenvalue weighted by Crippen LogP contribution is -2.25. The van der Waals surface area contributed by atoms with Crippen LogP contribution < -0.4 is 11.5 Å². The van der Waals surface area contributed by atoms with Crippen LogP contribution in [0.2, 0.25) is 0 Å². The highest BCUT2D eigenvalue weighted by atomic mass is 35.5. The molecule has 0 aliphatic heterocycles. The summed E-state index contributed by atoms with van der Waals surface area (Å²) in [4.78, 5) is 10.3. The van der Waals surface area contributed by atoms with Crippen LogP contribution in [0.4, 0.5) is 0 Å². The Morgan fingerprint density at radius 3 is 2.45 bits per heavy atom. The number of nitrogens with two attached hydrogens (primary N) is 2. The third-order valence-electron chi connectivity index (χ3n) is 0.980. The molecule has 0 aromatic carbocycles. The van der Waals surface area contributed by atoms with Gasteiger partial charge in [-0.3, -0.25) is 4.79 Å². The van der Waals surface area contributed by atoms with Gasteiger partial charge in [0.25, 0.3) is 0 Å². The molecule has 0 saturated carbocycles. The Balaban J connectivity index is 3.94. The minimum atomic E-state index is -0.823. The van der Waals surface area contributed by atoms with Crippen molar-refractivity contribution in [3.8, 4) is 12.3 Å². The first kappa shape index (κ1) is 10.2. The van der Waals surface area contributed by atoms with E-state index in [2.05, 4.69) is 5.92 Å². The predicted molar refractivity (Wildman–Crippen MR) is 44.8 cm³/mol. The normalized spacial score (nSPS) is 15.8. The van der Waals surface area contributed by atoms with Crippen LogP contribution in [0.3, 0.4) is 0 Å². The van der Waals surface area contributed by atoms with Gasteiger partial charge in [-0.15, -0.1) is 6.42 Å². The highest BCUT2D eigenvalue weighted by Gasteiger charge is 2.04. The van der Waals surface area contributed by atoms with Crippen molar-refractivity contribution in [3.63, 3.8) is 0 Å². The zero-order chi connectivity index (χ0) is 8.85. The van der Waals surface area contributed by atoms with E-state index in [4.69, 9.17) is 29.5 Å². The second-order valence-electron chi connectivity index (χ2n) is 1.91. The van der Waals surface area contributed by atoms with Gasteiger partial charge in [-0.05, 0) is 11.6 Å². The van der Waals surface area contributed by atoms with Gasteiger partial charge in [0.05, 0.1) is 12.1 Å². The summed E-state index contributed by atoms with van der Waals surface area (Å²) in [6.07, 6.45) is 7.77. The van der Waals surface area contributed by atoms with Crippen LogP contribution in [0.5, 0.6) is 0 Å². The van der Waals surface area contributed by atoms with Gasteiger partial charge in [0.15, 0.2) is 0 Å². The molecule has 0 saturated heterocycles. The van der Waals surface area contributed by atoms with Gasteiger partial charge in [0.2, 0.25) is 5.24 Å². The molecule has 0 amide bonds. The molecule has 0 heterocycles. The van der Waals surface area contributed by atoms with Crippen molar-refractivity contribution < 1.29 is 4.79 Å². The molecule has 2 unspecified atom stereocenters. The second-order valence-corrected chi connectivity index (χ2v) is 2.28. The van der Waals surface area contributed by atoms with Crippen molar-refractivity contribution in [1.82, 2.24) is 0 Å². The summed E-state index contributed by atoms with van der Waals surface area (Å²) in [5.41, 5.74) is 10.5. The molecule has 0 aromatic rings. The minimum absolute atomic E-state index is 0.517. The minimum Gasteiger partial charge on any atom is -0.317 e. The highest BCUT2D eigenvalue weighted by molar-refractivity contribution is 6.65. The maximum absolute atomic E-state index is 10.3. The van der Waals surface area contributed by atoms with Gasteiger partial charge in [-0.25, -0.2) is 0 Å². The Labute approximate surface area is 70.4 Å². The van der Waals surface area contributed by atoms with Crippen LogP contribution in [0.1, 0.15) is 0 Å².